The second-order valence-corrected chi connectivity index (χ2v) is 6.79. The van der Waals surface area contributed by atoms with Gasteiger partial charge in [-0.3, -0.25) is 4.90 Å². The molecule has 0 saturated carbocycles. The molecular weight excluding hydrogens is 348 g/mol. The van der Waals surface area contributed by atoms with E-state index in [0.717, 1.165) is 43.1 Å². The Balaban J connectivity index is 0.00000180. The summed E-state index contributed by atoms with van der Waals surface area (Å²) < 4.78 is 1.16. The second kappa shape index (κ2) is 9.32. The highest BCUT2D eigenvalue weighted by Gasteiger charge is 2.17. The van der Waals surface area contributed by atoms with E-state index in [1.54, 1.807) is 11.3 Å². The van der Waals surface area contributed by atoms with Gasteiger partial charge in [0.2, 0.25) is 0 Å². The number of thiophene rings is 1. The maximum atomic E-state index is 9.19. The lowest BCUT2D eigenvalue weighted by Crippen LogP contribution is -2.37. The quantitative estimate of drug-likeness (QED) is 0.809. The molecule has 0 radical (unpaired) electrons. The molecule has 2 heterocycles. The molecule has 0 spiro atoms. The average molecular weight is 370 g/mol. The first-order valence-electron chi connectivity index (χ1n) is 6.55. The minimum atomic E-state index is 0. The van der Waals surface area contributed by atoms with Crippen molar-refractivity contribution >= 4 is 39.7 Å². The van der Waals surface area contributed by atoms with Gasteiger partial charge in [-0.05, 0) is 53.8 Å². The van der Waals surface area contributed by atoms with Gasteiger partial charge in [0, 0.05) is 34.4 Å². The fourth-order valence-corrected chi connectivity index (χ4v) is 3.96. The van der Waals surface area contributed by atoms with Crippen LogP contribution >= 0.6 is 39.7 Å². The van der Waals surface area contributed by atoms with Crippen LogP contribution in [0.1, 0.15) is 17.7 Å². The number of piperidine rings is 1. The van der Waals surface area contributed by atoms with Gasteiger partial charge >= 0.3 is 0 Å². The Labute approximate surface area is 133 Å². The number of nitrogens with zero attached hydrogens (tertiary/aromatic N) is 1. The Morgan fingerprint density at radius 3 is 2.74 bits per heavy atom. The summed E-state index contributed by atoms with van der Waals surface area (Å²) in [7, 11) is 0. The van der Waals surface area contributed by atoms with Gasteiger partial charge in [-0.1, -0.05) is 0 Å². The topological polar surface area (TPSA) is 35.5 Å². The highest BCUT2D eigenvalue weighted by molar-refractivity contribution is 9.10. The summed E-state index contributed by atoms with van der Waals surface area (Å²) in [6.07, 6.45) is 2.52. The maximum absolute atomic E-state index is 9.19. The van der Waals surface area contributed by atoms with Crippen LogP contribution in [0.2, 0.25) is 0 Å². The maximum Gasteiger partial charge on any atom is 0.0558 e. The molecule has 2 N–H and O–H groups in total. The molecule has 0 amide bonds. The lowest BCUT2D eigenvalue weighted by molar-refractivity contribution is 0.158. The van der Waals surface area contributed by atoms with Crippen molar-refractivity contribution in [3.8, 4) is 0 Å². The number of hydrogen-bond acceptors (Lipinski definition) is 4. The zero-order valence-corrected chi connectivity index (χ0v) is 14.2. The summed E-state index contributed by atoms with van der Waals surface area (Å²) in [6, 6.07) is 2.18. The van der Waals surface area contributed by atoms with E-state index in [9.17, 15) is 5.11 Å². The molecule has 1 fully saturated rings. The van der Waals surface area contributed by atoms with Gasteiger partial charge < -0.3 is 10.4 Å². The predicted molar refractivity (Wildman–Crippen MR) is 87.2 cm³/mol. The van der Waals surface area contributed by atoms with Crippen LogP contribution < -0.4 is 5.32 Å². The molecule has 1 aromatic rings. The van der Waals surface area contributed by atoms with Gasteiger partial charge in [-0.25, -0.2) is 0 Å². The van der Waals surface area contributed by atoms with Crippen molar-refractivity contribution < 1.29 is 5.11 Å². The van der Waals surface area contributed by atoms with Crippen LogP contribution in [0.5, 0.6) is 0 Å². The van der Waals surface area contributed by atoms with E-state index >= 15 is 0 Å². The Hall–Kier alpha value is 0.350. The Morgan fingerprint density at radius 2 is 2.16 bits per heavy atom. The van der Waals surface area contributed by atoms with Crippen LogP contribution in [-0.4, -0.2) is 42.8 Å². The number of aliphatic hydroxyl groups is 1. The molecule has 19 heavy (non-hydrogen) atoms. The van der Waals surface area contributed by atoms with Crippen molar-refractivity contribution in [3.05, 3.63) is 20.8 Å². The van der Waals surface area contributed by atoms with Crippen LogP contribution in [0.15, 0.2) is 15.9 Å². The third kappa shape index (κ3) is 6.10. The molecule has 6 heteroatoms. The van der Waals surface area contributed by atoms with Crippen molar-refractivity contribution in [2.24, 2.45) is 5.92 Å². The van der Waals surface area contributed by atoms with Gasteiger partial charge in [0.25, 0.3) is 0 Å². The SMILES string of the molecule is Cl.OCCN(Cc1cc(Br)cs1)CC1CCNCC1. The molecule has 1 aliphatic heterocycles. The van der Waals surface area contributed by atoms with Crippen LogP contribution in [0.4, 0.5) is 0 Å². The van der Waals surface area contributed by atoms with Crippen molar-refractivity contribution in [2.75, 3.05) is 32.8 Å². The summed E-state index contributed by atoms with van der Waals surface area (Å²) in [5.41, 5.74) is 0. The van der Waals surface area contributed by atoms with E-state index in [-0.39, 0.29) is 19.0 Å². The number of aliphatic hydroxyl groups excluding tert-OH is 1. The monoisotopic (exact) mass is 368 g/mol. The molecule has 0 aliphatic carbocycles. The van der Waals surface area contributed by atoms with Crippen LogP contribution in [0.3, 0.4) is 0 Å². The number of nitrogens with one attached hydrogen (secondary N) is 1. The summed E-state index contributed by atoms with van der Waals surface area (Å²) in [5.74, 6) is 0.779. The molecule has 1 aromatic heterocycles. The van der Waals surface area contributed by atoms with E-state index in [4.69, 9.17) is 0 Å². The number of rotatable bonds is 6. The second-order valence-electron chi connectivity index (χ2n) is 4.88. The largest absolute Gasteiger partial charge is 0.395 e. The third-order valence-electron chi connectivity index (χ3n) is 3.39. The fourth-order valence-electron chi connectivity index (χ4n) is 2.46. The molecule has 110 valence electrons. The zero-order chi connectivity index (χ0) is 12.8. The summed E-state index contributed by atoms with van der Waals surface area (Å²) >= 11 is 5.28. The molecular formula is C13H22BrClN2OS. The van der Waals surface area contributed by atoms with Gasteiger partial charge in [0.15, 0.2) is 0 Å². The summed E-state index contributed by atoms with van der Waals surface area (Å²) in [5, 5.41) is 14.7. The first kappa shape index (κ1) is 17.4. The van der Waals surface area contributed by atoms with E-state index < -0.39 is 0 Å². The van der Waals surface area contributed by atoms with Crippen molar-refractivity contribution in [3.63, 3.8) is 0 Å². The Bertz CT molecular complexity index is 358. The highest BCUT2D eigenvalue weighted by atomic mass is 79.9. The van der Waals surface area contributed by atoms with E-state index in [1.807, 2.05) is 0 Å². The Morgan fingerprint density at radius 1 is 1.42 bits per heavy atom. The molecule has 3 nitrogen and oxygen atoms in total. The molecule has 0 atom stereocenters. The lowest BCUT2D eigenvalue weighted by Gasteiger charge is -2.29. The molecule has 1 aliphatic rings. The minimum Gasteiger partial charge on any atom is -0.395 e. The van der Waals surface area contributed by atoms with Crippen LogP contribution in [0.25, 0.3) is 0 Å². The smallest absolute Gasteiger partial charge is 0.0558 e. The van der Waals surface area contributed by atoms with Gasteiger partial charge in [0.1, 0.15) is 0 Å². The van der Waals surface area contributed by atoms with E-state index in [1.165, 1.54) is 17.7 Å². The lowest BCUT2D eigenvalue weighted by atomic mass is 9.97. The molecule has 1 saturated heterocycles. The van der Waals surface area contributed by atoms with E-state index in [0.29, 0.717) is 0 Å². The van der Waals surface area contributed by atoms with Crippen LogP contribution in [-0.2, 0) is 6.54 Å². The average Bonchev–Trinajstić information content (AvgIpc) is 2.76. The molecule has 2 rings (SSSR count). The van der Waals surface area contributed by atoms with Gasteiger partial charge in [-0.15, -0.1) is 23.7 Å². The zero-order valence-electron chi connectivity index (χ0n) is 11.0. The number of halogens is 2. The summed E-state index contributed by atoms with van der Waals surface area (Å²) in [6.45, 7) is 5.37. The predicted octanol–water partition coefficient (Wildman–Crippen LogP) is 2.73. The normalized spacial score (nSPS) is 16.6. The first-order chi connectivity index (χ1) is 8.78. The van der Waals surface area contributed by atoms with Crippen LogP contribution in [0, 0.1) is 5.92 Å². The molecule has 0 unspecified atom stereocenters. The molecule has 0 aromatic carbocycles. The minimum absolute atomic E-state index is 0. The fraction of sp³-hybridized carbons (Fsp3) is 0.692. The highest BCUT2D eigenvalue weighted by Crippen LogP contribution is 2.22. The summed E-state index contributed by atoms with van der Waals surface area (Å²) in [4.78, 5) is 3.75. The number of hydrogen-bond donors (Lipinski definition) is 2. The van der Waals surface area contributed by atoms with Crippen molar-refractivity contribution in [1.82, 2.24) is 10.2 Å². The van der Waals surface area contributed by atoms with Gasteiger partial charge in [0.05, 0.1) is 6.61 Å². The third-order valence-corrected chi connectivity index (χ3v) is 5.07. The van der Waals surface area contributed by atoms with Crippen molar-refractivity contribution in [1.29, 1.82) is 0 Å². The first-order valence-corrected chi connectivity index (χ1v) is 8.22. The Kier molecular flexibility index (Phi) is 8.53. The molecule has 0 bridgehead atoms. The van der Waals surface area contributed by atoms with Gasteiger partial charge in [-0.2, -0.15) is 0 Å². The van der Waals surface area contributed by atoms with Crippen molar-refractivity contribution in [2.45, 2.75) is 19.4 Å². The van der Waals surface area contributed by atoms with E-state index in [2.05, 4.69) is 37.6 Å². The standard InChI is InChI=1S/C13H21BrN2OS.ClH/c14-12-7-13(18-10-12)9-16(5-6-17)8-11-1-3-15-4-2-11;/h7,10-11,15,17H,1-6,8-9H2;1H.